The summed E-state index contributed by atoms with van der Waals surface area (Å²) < 4.78 is 39.5. The average molecular weight is 342 g/mol. The van der Waals surface area contributed by atoms with Crippen LogP contribution in [0.2, 0.25) is 0 Å². The lowest BCUT2D eigenvalue weighted by Gasteiger charge is -2.10. The fraction of sp³-hybridized carbons (Fsp3) is 0.200. The second-order valence-electron chi connectivity index (χ2n) is 3.32. The van der Waals surface area contributed by atoms with Gasteiger partial charge in [-0.1, -0.05) is 0 Å². The van der Waals surface area contributed by atoms with Gasteiger partial charge in [-0.25, -0.2) is 9.59 Å². The van der Waals surface area contributed by atoms with Gasteiger partial charge in [-0.05, 0) is 34.1 Å². The van der Waals surface area contributed by atoms with E-state index in [1.807, 2.05) is 5.32 Å². The van der Waals surface area contributed by atoms with Crippen LogP contribution in [0.3, 0.4) is 0 Å². The lowest BCUT2D eigenvalue weighted by Crippen LogP contribution is -2.23. The van der Waals surface area contributed by atoms with Crippen molar-refractivity contribution < 1.29 is 32.6 Å². The van der Waals surface area contributed by atoms with E-state index in [1.54, 1.807) is 0 Å². The normalized spacial score (nSPS) is 10.9. The highest BCUT2D eigenvalue weighted by molar-refractivity contribution is 9.10. The number of alkyl halides is 3. The summed E-state index contributed by atoms with van der Waals surface area (Å²) >= 11 is 2.98. The maximum atomic E-state index is 11.8. The Bertz CT molecular complexity index is 504. The van der Waals surface area contributed by atoms with Crippen molar-refractivity contribution in [1.82, 2.24) is 0 Å². The van der Waals surface area contributed by atoms with Crippen LogP contribution in [0.1, 0.15) is 10.4 Å². The molecule has 0 heterocycles. The van der Waals surface area contributed by atoms with Gasteiger partial charge in [-0.3, -0.25) is 5.32 Å². The molecule has 0 aliphatic carbocycles. The molecule has 0 aromatic heterocycles. The molecule has 0 saturated carbocycles. The van der Waals surface area contributed by atoms with Crippen molar-refractivity contribution in [3.8, 4) is 0 Å². The third-order valence-corrected chi connectivity index (χ3v) is 2.48. The first-order chi connectivity index (χ1) is 8.69. The monoisotopic (exact) mass is 341 g/mol. The van der Waals surface area contributed by atoms with Gasteiger partial charge < -0.3 is 9.84 Å². The van der Waals surface area contributed by atoms with Crippen LogP contribution in [0.15, 0.2) is 22.7 Å². The van der Waals surface area contributed by atoms with Crippen molar-refractivity contribution in [2.75, 3.05) is 11.9 Å². The van der Waals surface area contributed by atoms with Crippen LogP contribution < -0.4 is 5.32 Å². The Labute approximate surface area is 113 Å². The smallest absolute Gasteiger partial charge is 0.422 e. The molecule has 0 aliphatic rings. The summed E-state index contributed by atoms with van der Waals surface area (Å²) in [5, 5.41) is 10.7. The van der Waals surface area contributed by atoms with Crippen molar-refractivity contribution in [2.24, 2.45) is 0 Å². The minimum atomic E-state index is -4.61. The predicted molar refractivity (Wildman–Crippen MR) is 62.1 cm³/mol. The molecule has 1 aromatic rings. The summed E-state index contributed by atoms with van der Waals surface area (Å²) in [7, 11) is 0. The van der Waals surface area contributed by atoms with Gasteiger partial charge in [0.05, 0.1) is 11.3 Å². The number of anilines is 1. The van der Waals surface area contributed by atoms with Gasteiger partial charge in [0, 0.05) is 4.47 Å². The van der Waals surface area contributed by atoms with E-state index in [1.165, 1.54) is 18.2 Å². The number of hydrogen-bond acceptors (Lipinski definition) is 3. The molecule has 1 aromatic carbocycles. The number of hydrogen-bond donors (Lipinski definition) is 2. The van der Waals surface area contributed by atoms with Crippen molar-refractivity contribution >= 4 is 33.7 Å². The van der Waals surface area contributed by atoms with Crippen LogP contribution in [0.4, 0.5) is 23.7 Å². The Morgan fingerprint density at radius 3 is 2.47 bits per heavy atom. The highest BCUT2D eigenvalue weighted by Crippen LogP contribution is 2.24. The predicted octanol–water partition coefficient (Wildman–Crippen LogP) is 3.26. The molecule has 0 radical (unpaired) electrons. The van der Waals surface area contributed by atoms with Gasteiger partial charge in [-0.2, -0.15) is 13.2 Å². The molecule has 0 unspecified atom stereocenters. The zero-order valence-electron chi connectivity index (χ0n) is 9.12. The molecule has 19 heavy (non-hydrogen) atoms. The van der Waals surface area contributed by atoms with Crippen molar-refractivity contribution in [1.29, 1.82) is 0 Å². The van der Waals surface area contributed by atoms with E-state index in [-0.39, 0.29) is 15.7 Å². The Kier molecular flexibility index (Phi) is 4.76. The minimum Gasteiger partial charge on any atom is -0.478 e. The van der Waals surface area contributed by atoms with Crippen LogP contribution in [0.5, 0.6) is 0 Å². The van der Waals surface area contributed by atoms with Crippen LogP contribution in [0, 0.1) is 0 Å². The average Bonchev–Trinajstić information content (AvgIpc) is 2.28. The second-order valence-corrected chi connectivity index (χ2v) is 4.17. The summed E-state index contributed by atoms with van der Waals surface area (Å²) in [6.45, 7) is -1.70. The molecule has 2 N–H and O–H groups in total. The van der Waals surface area contributed by atoms with Crippen molar-refractivity contribution in [3.63, 3.8) is 0 Å². The minimum absolute atomic E-state index is 0.0407. The molecule has 1 amide bonds. The SMILES string of the molecule is O=C(Nc1ccc(C(=O)O)cc1Br)OCC(F)(F)F. The summed E-state index contributed by atoms with van der Waals surface area (Å²) in [4.78, 5) is 21.7. The van der Waals surface area contributed by atoms with E-state index in [2.05, 4.69) is 20.7 Å². The summed E-state index contributed by atoms with van der Waals surface area (Å²) in [5.74, 6) is -1.17. The lowest BCUT2D eigenvalue weighted by atomic mass is 10.2. The zero-order valence-corrected chi connectivity index (χ0v) is 10.7. The van der Waals surface area contributed by atoms with E-state index in [4.69, 9.17) is 5.11 Å². The molecule has 0 saturated heterocycles. The van der Waals surface area contributed by atoms with Gasteiger partial charge in [0.1, 0.15) is 0 Å². The van der Waals surface area contributed by atoms with E-state index in [0.717, 1.165) is 0 Å². The Morgan fingerprint density at radius 1 is 1.37 bits per heavy atom. The summed E-state index contributed by atoms with van der Waals surface area (Å²) in [5.41, 5.74) is 0.0539. The Balaban J connectivity index is 2.67. The Morgan fingerprint density at radius 2 is 2.00 bits per heavy atom. The zero-order chi connectivity index (χ0) is 14.6. The van der Waals surface area contributed by atoms with Gasteiger partial charge >= 0.3 is 18.2 Å². The molecule has 0 bridgehead atoms. The number of halogens is 4. The molecule has 5 nitrogen and oxygen atoms in total. The highest BCUT2D eigenvalue weighted by Gasteiger charge is 2.29. The summed E-state index contributed by atoms with van der Waals surface area (Å²) in [6.07, 6.45) is -5.90. The fourth-order valence-corrected chi connectivity index (χ4v) is 1.52. The number of ether oxygens (including phenoxy) is 1. The van der Waals surface area contributed by atoms with E-state index >= 15 is 0 Å². The number of aromatic carboxylic acids is 1. The summed E-state index contributed by atoms with van der Waals surface area (Å²) in [6, 6.07) is 3.61. The Hall–Kier alpha value is -1.77. The molecule has 0 aliphatic heterocycles. The number of carboxylic acid groups (broad SMARTS) is 1. The van der Waals surface area contributed by atoms with Gasteiger partial charge in [0.25, 0.3) is 0 Å². The number of benzene rings is 1. The topological polar surface area (TPSA) is 75.6 Å². The third-order valence-electron chi connectivity index (χ3n) is 1.82. The highest BCUT2D eigenvalue weighted by atomic mass is 79.9. The maximum Gasteiger partial charge on any atom is 0.422 e. The number of carbonyl (C=O) groups is 2. The molecule has 0 fully saturated rings. The van der Waals surface area contributed by atoms with Crippen molar-refractivity contribution in [2.45, 2.75) is 6.18 Å². The van der Waals surface area contributed by atoms with Gasteiger partial charge in [0.2, 0.25) is 0 Å². The van der Waals surface area contributed by atoms with Crippen LogP contribution >= 0.6 is 15.9 Å². The standard InChI is InChI=1S/C10H7BrF3NO4/c11-6-3-5(8(16)17)1-2-7(6)15-9(18)19-4-10(12,13)14/h1-3H,4H2,(H,15,18)(H,16,17). The molecule has 0 atom stereocenters. The van der Waals surface area contributed by atoms with Crippen LogP contribution in [0.25, 0.3) is 0 Å². The van der Waals surface area contributed by atoms with Crippen LogP contribution in [-0.2, 0) is 4.74 Å². The van der Waals surface area contributed by atoms with Gasteiger partial charge in [0.15, 0.2) is 6.61 Å². The molecular weight excluding hydrogens is 335 g/mol. The molecule has 9 heteroatoms. The lowest BCUT2D eigenvalue weighted by molar-refractivity contribution is -0.159. The van der Waals surface area contributed by atoms with E-state index < -0.39 is 24.8 Å². The molecule has 0 spiro atoms. The van der Waals surface area contributed by atoms with Crippen LogP contribution in [-0.4, -0.2) is 30.0 Å². The second kappa shape index (κ2) is 5.91. The first kappa shape index (κ1) is 15.3. The quantitative estimate of drug-likeness (QED) is 0.884. The van der Waals surface area contributed by atoms with E-state index in [0.29, 0.717) is 0 Å². The number of carbonyl (C=O) groups excluding carboxylic acids is 1. The first-order valence-corrected chi connectivity index (χ1v) is 5.52. The first-order valence-electron chi connectivity index (χ1n) is 4.72. The largest absolute Gasteiger partial charge is 0.478 e. The molecular formula is C10H7BrF3NO4. The molecule has 1 rings (SSSR count). The number of amides is 1. The number of nitrogens with one attached hydrogen (secondary N) is 1. The van der Waals surface area contributed by atoms with Crippen molar-refractivity contribution in [3.05, 3.63) is 28.2 Å². The van der Waals surface area contributed by atoms with Gasteiger partial charge in [-0.15, -0.1) is 0 Å². The number of carboxylic acids is 1. The van der Waals surface area contributed by atoms with E-state index in [9.17, 15) is 22.8 Å². The molecule has 104 valence electrons. The third kappa shape index (κ3) is 5.16. The fourth-order valence-electron chi connectivity index (χ4n) is 1.04. The number of rotatable bonds is 3. The maximum absolute atomic E-state index is 11.8.